The van der Waals surface area contributed by atoms with Crippen molar-refractivity contribution < 1.29 is 9.15 Å². The maximum atomic E-state index is 5.81. The monoisotopic (exact) mass is 376 g/mol. The Balaban J connectivity index is 1.53. The fourth-order valence-electron chi connectivity index (χ4n) is 2.95. The zero-order chi connectivity index (χ0) is 18.0. The van der Waals surface area contributed by atoms with Crippen LogP contribution >= 0.6 is 11.3 Å². The van der Waals surface area contributed by atoms with Crippen LogP contribution in [0.3, 0.4) is 0 Å². The van der Waals surface area contributed by atoms with Gasteiger partial charge in [-0.05, 0) is 31.4 Å². The lowest BCUT2D eigenvalue weighted by molar-refractivity contribution is 0.0223. The van der Waals surface area contributed by atoms with Crippen LogP contribution in [0.1, 0.15) is 30.0 Å². The van der Waals surface area contributed by atoms with E-state index < -0.39 is 0 Å². The summed E-state index contributed by atoms with van der Waals surface area (Å²) in [5.74, 6) is 1.90. The van der Waals surface area contributed by atoms with Crippen LogP contribution in [0.25, 0.3) is 0 Å². The molecule has 2 aromatic heterocycles. The normalized spacial score (nSPS) is 18.0. The van der Waals surface area contributed by atoms with Crippen molar-refractivity contribution in [2.45, 2.75) is 38.2 Å². The Bertz CT molecular complexity index is 637. The first kappa shape index (κ1) is 18.9. The molecule has 0 aromatic carbocycles. The van der Waals surface area contributed by atoms with Gasteiger partial charge >= 0.3 is 0 Å². The summed E-state index contributed by atoms with van der Waals surface area (Å²) in [5.41, 5.74) is 0. The Labute approximate surface area is 159 Å². The quantitative estimate of drug-likeness (QED) is 0.567. The maximum Gasteiger partial charge on any atom is 0.193 e. The minimum Gasteiger partial charge on any atom is -0.469 e. The summed E-state index contributed by atoms with van der Waals surface area (Å²) in [6, 6.07) is 3.92. The van der Waals surface area contributed by atoms with Gasteiger partial charge in [0.15, 0.2) is 5.96 Å². The number of likely N-dealkylation sites (N-methyl/N-ethyl adjacent to an activating group) is 1. The van der Waals surface area contributed by atoms with Gasteiger partial charge in [0.25, 0.3) is 0 Å². The van der Waals surface area contributed by atoms with Gasteiger partial charge in [0.2, 0.25) is 0 Å². The molecule has 6 nitrogen and oxygen atoms in total. The second-order valence-corrected chi connectivity index (χ2v) is 7.49. The van der Waals surface area contributed by atoms with E-state index in [-0.39, 0.29) is 6.10 Å². The third-order valence-corrected chi connectivity index (χ3v) is 5.30. The van der Waals surface area contributed by atoms with Gasteiger partial charge in [-0.2, -0.15) is 0 Å². The molecule has 1 atom stereocenters. The molecule has 26 heavy (non-hydrogen) atoms. The van der Waals surface area contributed by atoms with Gasteiger partial charge in [-0.25, -0.2) is 4.98 Å². The third-order valence-electron chi connectivity index (χ3n) is 4.46. The van der Waals surface area contributed by atoms with Crippen molar-refractivity contribution in [1.29, 1.82) is 0 Å². The molecule has 0 saturated carbocycles. The number of hydrogen-bond donors (Lipinski definition) is 1. The molecule has 0 aliphatic carbocycles. The van der Waals surface area contributed by atoms with Crippen LogP contribution in [-0.4, -0.2) is 55.2 Å². The lowest BCUT2D eigenvalue weighted by Crippen LogP contribution is -2.41. The number of aromatic nitrogens is 1. The summed E-state index contributed by atoms with van der Waals surface area (Å²) in [5, 5.41) is 6.65. The van der Waals surface area contributed by atoms with E-state index in [9.17, 15) is 0 Å². The first-order valence-electron chi connectivity index (χ1n) is 9.33. The van der Waals surface area contributed by atoms with Gasteiger partial charge < -0.3 is 19.4 Å². The van der Waals surface area contributed by atoms with Gasteiger partial charge in [-0.3, -0.25) is 4.99 Å². The Hall–Kier alpha value is -1.86. The van der Waals surface area contributed by atoms with Crippen LogP contribution in [-0.2, 0) is 17.6 Å². The fourth-order valence-corrected chi connectivity index (χ4v) is 3.56. The zero-order valence-electron chi connectivity index (χ0n) is 15.4. The van der Waals surface area contributed by atoms with Crippen molar-refractivity contribution in [3.05, 3.63) is 40.7 Å². The number of ether oxygens (including phenoxy) is 1. The number of aliphatic imine (C=N–C) groups is 1. The molecular formula is C19H28N4O2S. The van der Waals surface area contributed by atoms with Crippen molar-refractivity contribution in [3.8, 4) is 0 Å². The average Bonchev–Trinajstić information content (AvgIpc) is 3.37. The van der Waals surface area contributed by atoms with Crippen LogP contribution in [0, 0.1) is 0 Å². The van der Waals surface area contributed by atoms with Crippen molar-refractivity contribution in [2.24, 2.45) is 4.99 Å². The molecule has 0 bridgehead atoms. The van der Waals surface area contributed by atoms with Crippen LogP contribution in [0.15, 0.2) is 39.4 Å². The topological polar surface area (TPSA) is 62.9 Å². The van der Waals surface area contributed by atoms with Crippen molar-refractivity contribution >= 4 is 17.3 Å². The van der Waals surface area contributed by atoms with E-state index in [4.69, 9.17) is 14.1 Å². The first-order chi connectivity index (χ1) is 12.8. The Morgan fingerprint density at radius 2 is 2.38 bits per heavy atom. The Morgan fingerprint density at radius 3 is 3.12 bits per heavy atom. The summed E-state index contributed by atoms with van der Waals surface area (Å²) in [6.07, 6.45) is 9.09. The molecule has 1 saturated heterocycles. The lowest BCUT2D eigenvalue weighted by atomic mass is 10.1. The molecular weight excluding hydrogens is 348 g/mol. The standard InChI is InChI=1S/C19H28N4O2S/c1-23(11-8-18-20-10-14-26-18)19(21-9-7-16-6-4-13-24-16)22-15-17-5-2-3-12-25-17/h4,6,10,13-14,17H,2-3,5,7-9,11-12,15H2,1H3,(H,21,22). The van der Waals surface area contributed by atoms with E-state index in [0.29, 0.717) is 6.54 Å². The largest absolute Gasteiger partial charge is 0.469 e. The summed E-state index contributed by atoms with van der Waals surface area (Å²) >= 11 is 1.70. The highest BCUT2D eigenvalue weighted by Crippen LogP contribution is 2.13. The second-order valence-electron chi connectivity index (χ2n) is 6.51. The molecule has 1 aliphatic heterocycles. The van der Waals surface area contributed by atoms with Crippen LogP contribution in [0.4, 0.5) is 0 Å². The van der Waals surface area contributed by atoms with Gasteiger partial charge in [-0.1, -0.05) is 0 Å². The summed E-state index contributed by atoms with van der Waals surface area (Å²) in [6.45, 7) is 3.25. The Morgan fingerprint density at radius 1 is 1.42 bits per heavy atom. The van der Waals surface area contributed by atoms with Crippen LogP contribution in [0.5, 0.6) is 0 Å². The van der Waals surface area contributed by atoms with Crippen LogP contribution in [0.2, 0.25) is 0 Å². The fraction of sp³-hybridized carbons (Fsp3) is 0.579. The number of guanidine groups is 1. The molecule has 1 unspecified atom stereocenters. The molecule has 1 aliphatic rings. The average molecular weight is 377 g/mol. The highest BCUT2D eigenvalue weighted by Gasteiger charge is 2.15. The SMILES string of the molecule is CN(CCc1nccs1)C(=NCC1CCCCO1)NCCc1ccco1. The lowest BCUT2D eigenvalue weighted by Gasteiger charge is -2.25. The number of rotatable bonds is 8. The van der Waals surface area contributed by atoms with E-state index in [0.717, 1.165) is 55.7 Å². The van der Waals surface area contributed by atoms with E-state index in [1.807, 2.05) is 23.7 Å². The highest BCUT2D eigenvalue weighted by atomic mass is 32.1. The number of furan rings is 1. The van der Waals surface area contributed by atoms with Gasteiger partial charge in [-0.15, -0.1) is 11.3 Å². The zero-order valence-corrected chi connectivity index (χ0v) is 16.2. The van der Waals surface area contributed by atoms with Crippen LogP contribution < -0.4 is 5.32 Å². The third kappa shape index (κ3) is 6.14. The van der Waals surface area contributed by atoms with E-state index >= 15 is 0 Å². The first-order valence-corrected chi connectivity index (χ1v) is 10.2. The molecule has 3 heterocycles. The molecule has 0 amide bonds. The second kappa shape index (κ2) is 10.3. The van der Waals surface area contributed by atoms with Gasteiger partial charge in [0.1, 0.15) is 5.76 Å². The molecule has 1 N–H and O–H groups in total. The van der Waals surface area contributed by atoms with Crippen molar-refractivity contribution in [1.82, 2.24) is 15.2 Å². The van der Waals surface area contributed by atoms with Crippen molar-refractivity contribution in [2.75, 3.05) is 33.3 Å². The van der Waals surface area contributed by atoms with E-state index in [1.165, 1.54) is 12.8 Å². The molecule has 3 rings (SSSR count). The predicted molar refractivity (Wildman–Crippen MR) is 105 cm³/mol. The minimum atomic E-state index is 0.248. The number of nitrogens with one attached hydrogen (secondary N) is 1. The predicted octanol–water partition coefficient (Wildman–Crippen LogP) is 2.97. The van der Waals surface area contributed by atoms with E-state index in [2.05, 4.69) is 22.2 Å². The molecule has 2 aromatic rings. The smallest absolute Gasteiger partial charge is 0.193 e. The summed E-state index contributed by atoms with van der Waals surface area (Å²) in [7, 11) is 2.08. The summed E-state index contributed by atoms with van der Waals surface area (Å²) in [4.78, 5) is 11.4. The van der Waals surface area contributed by atoms with E-state index in [1.54, 1.807) is 17.6 Å². The molecule has 7 heteroatoms. The number of thiazole rings is 1. The maximum absolute atomic E-state index is 5.81. The molecule has 1 fully saturated rings. The van der Waals surface area contributed by atoms with Crippen molar-refractivity contribution in [3.63, 3.8) is 0 Å². The molecule has 142 valence electrons. The number of hydrogen-bond acceptors (Lipinski definition) is 5. The minimum absolute atomic E-state index is 0.248. The molecule has 0 spiro atoms. The summed E-state index contributed by atoms with van der Waals surface area (Å²) < 4.78 is 11.2. The highest BCUT2D eigenvalue weighted by molar-refractivity contribution is 7.09. The molecule has 0 radical (unpaired) electrons. The Kier molecular flexibility index (Phi) is 7.51. The van der Waals surface area contributed by atoms with Gasteiger partial charge in [0, 0.05) is 51.2 Å². The number of nitrogens with zero attached hydrogens (tertiary/aromatic N) is 3. The van der Waals surface area contributed by atoms with Gasteiger partial charge in [0.05, 0.1) is 23.9 Å².